The third-order valence-corrected chi connectivity index (χ3v) is 5.45. The smallest absolute Gasteiger partial charge is 0.302 e. The van der Waals surface area contributed by atoms with Gasteiger partial charge in [0.1, 0.15) is 0 Å². The summed E-state index contributed by atoms with van der Waals surface area (Å²) in [6.45, 7) is 5.65. The molecule has 200 valence electrons. The van der Waals surface area contributed by atoms with Gasteiger partial charge < -0.3 is 9.72 Å². The third kappa shape index (κ3) is 9.84. The van der Waals surface area contributed by atoms with Crippen molar-refractivity contribution in [1.29, 1.82) is 0 Å². The van der Waals surface area contributed by atoms with Gasteiger partial charge in [0.05, 0.1) is 24.6 Å². The monoisotopic (exact) mass is 587 g/mol. The molecule has 0 amide bonds. The summed E-state index contributed by atoms with van der Waals surface area (Å²) < 4.78 is 48.9. The fraction of sp³-hybridized carbons (Fsp3) is 0.250. The number of esters is 1. The number of H-pyrrole nitrogens is 1. The molecular weight excluding hydrogens is 561 g/mol. The van der Waals surface area contributed by atoms with Gasteiger partial charge in [-0.15, -0.1) is 0 Å². The molecule has 0 spiro atoms. The van der Waals surface area contributed by atoms with Crippen molar-refractivity contribution in [1.82, 2.24) is 9.97 Å². The lowest BCUT2D eigenvalue weighted by atomic mass is 9.98. The van der Waals surface area contributed by atoms with Crippen molar-refractivity contribution in [2.75, 3.05) is 23.8 Å². The van der Waals surface area contributed by atoms with Crippen LogP contribution in [-0.4, -0.2) is 51.9 Å². The van der Waals surface area contributed by atoms with Crippen molar-refractivity contribution < 1.29 is 26.4 Å². The number of aromatic nitrogens is 2. The Balaban J connectivity index is 0.000000370. The molecule has 4 aromatic rings. The highest BCUT2D eigenvalue weighted by Gasteiger charge is 2.15. The number of aromatic amines is 1. The molecule has 2 heterocycles. The Bertz CT molecular complexity index is 1630. The van der Waals surface area contributed by atoms with Crippen molar-refractivity contribution in [3.8, 4) is 11.1 Å². The topological polar surface area (TPSA) is 135 Å². The molecule has 0 fully saturated rings. The van der Waals surface area contributed by atoms with Gasteiger partial charge in [0.2, 0.25) is 19.1 Å². The number of aryl methyl sites for hydroxylation is 1. The number of nitrogens with one attached hydrogen (secondary N) is 2. The lowest BCUT2D eigenvalue weighted by Crippen LogP contribution is -2.09. The number of ether oxygens (including phenoxy) is 1. The van der Waals surface area contributed by atoms with Gasteiger partial charge in [0.25, 0.3) is 0 Å². The number of halogens is 2. The minimum absolute atomic E-state index is 0.211. The zero-order valence-electron chi connectivity index (χ0n) is 20.8. The Morgan fingerprint density at radius 1 is 1.05 bits per heavy atom. The highest BCUT2D eigenvalue weighted by Crippen LogP contribution is 2.37. The van der Waals surface area contributed by atoms with E-state index in [-0.39, 0.29) is 5.97 Å². The van der Waals surface area contributed by atoms with Crippen molar-refractivity contribution in [2.45, 2.75) is 20.8 Å². The van der Waals surface area contributed by atoms with Gasteiger partial charge in [-0.1, -0.05) is 17.7 Å². The number of carbonyl (C=O) groups is 1. The molecular formula is C24H27Cl2N3O6S2. The van der Waals surface area contributed by atoms with Crippen LogP contribution in [0.4, 0.5) is 5.69 Å². The number of carbonyl (C=O) groups excluding carboxylic acids is 1. The summed E-state index contributed by atoms with van der Waals surface area (Å²) in [5, 5.41) is 2.57. The van der Waals surface area contributed by atoms with Crippen LogP contribution in [0.15, 0.2) is 48.7 Å². The quantitative estimate of drug-likeness (QED) is 0.238. The minimum Gasteiger partial charge on any atom is -0.466 e. The Hall–Kier alpha value is -2.86. The van der Waals surface area contributed by atoms with Gasteiger partial charge >= 0.3 is 5.97 Å². The normalized spacial score (nSPS) is 11.2. The number of hydrogen-bond acceptors (Lipinski definition) is 7. The highest BCUT2D eigenvalue weighted by molar-refractivity contribution is 8.13. The first-order valence-corrected chi connectivity index (χ1v) is 15.8. The fourth-order valence-electron chi connectivity index (χ4n) is 3.49. The van der Waals surface area contributed by atoms with Crippen molar-refractivity contribution >= 4 is 74.8 Å². The maximum Gasteiger partial charge on any atom is 0.302 e. The van der Waals surface area contributed by atoms with E-state index < -0.39 is 19.1 Å². The zero-order chi connectivity index (χ0) is 28.0. The summed E-state index contributed by atoms with van der Waals surface area (Å²) in [7, 11) is -2.03. The molecule has 0 saturated carbocycles. The standard InChI is InChI=1S/C19H16ClN3O2S.C4H8O2.CH3ClO2S/c1-11-19(15-7-8-21-18-9-12(20)3-5-14(15)18)16-10-13(23-26(2,24)25)4-6-17(16)22-11;1-3-6-4(2)5;1-5(2,3)4/h3-10,22-23H,1-2H3;3H2,1-2H3;1H3. The van der Waals surface area contributed by atoms with Crippen LogP contribution in [-0.2, 0) is 28.6 Å². The largest absolute Gasteiger partial charge is 0.466 e. The predicted octanol–water partition coefficient (Wildman–Crippen LogP) is 5.47. The molecule has 0 aliphatic carbocycles. The number of benzene rings is 2. The van der Waals surface area contributed by atoms with Gasteiger partial charge in [-0.25, -0.2) is 16.8 Å². The van der Waals surface area contributed by atoms with Crippen LogP contribution in [0.1, 0.15) is 19.5 Å². The summed E-state index contributed by atoms with van der Waals surface area (Å²) in [6, 6.07) is 13.1. The third-order valence-electron chi connectivity index (χ3n) is 4.61. The van der Waals surface area contributed by atoms with Crippen molar-refractivity contribution in [3.63, 3.8) is 0 Å². The molecule has 9 nitrogen and oxygen atoms in total. The van der Waals surface area contributed by atoms with E-state index in [1.165, 1.54) is 6.92 Å². The average Bonchev–Trinajstić information content (AvgIpc) is 3.06. The van der Waals surface area contributed by atoms with Gasteiger partial charge in [-0.05, 0) is 55.8 Å². The second-order valence-corrected chi connectivity index (χ2v) is 13.1. The lowest BCUT2D eigenvalue weighted by Gasteiger charge is -2.08. The Morgan fingerprint density at radius 3 is 2.24 bits per heavy atom. The molecule has 0 saturated heterocycles. The Kier molecular flexibility index (Phi) is 10.3. The SMILES string of the molecule is CCOC(C)=O.CS(=O)(=O)Cl.Cc1[nH]c2ccc(NS(C)(=O)=O)cc2c1-c1ccnc2cc(Cl)ccc12. The number of pyridine rings is 1. The maximum atomic E-state index is 11.6. The number of fused-ring (bicyclic) bond motifs is 2. The van der Waals surface area contributed by atoms with E-state index in [1.807, 2.05) is 43.3 Å². The van der Waals surface area contributed by atoms with Crippen LogP contribution in [0.2, 0.25) is 5.02 Å². The summed E-state index contributed by atoms with van der Waals surface area (Å²) >= 11 is 6.09. The number of hydrogen-bond donors (Lipinski definition) is 2. The lowest BCUT2D eigenvalue weighted by molar-refractivity contribution is -0.140. The molecule has 2 N–H and O–H groups in total. The first kappa shape index (κ1) is 30.4. The maximum absolute atomic E-state index is 11.6. The van der Waals surface area contributed by atoms with Gasteiger partial charge in [0.15, 0.2) is 0 Å². The second kappa shape index (κ2) is 12.6. The molecule has 4 rings (SSSR count). The molecule has 0 aliphatic heterocycles. The van der Waals surface area contributed by atoms with Crippen LogP contribution >= 0.6 is 22.3 Å². The summed E-state index contributed by atoms with van der Waals surface area (Å²) in [6.07, 6.45) is 3.82. The van der Waals surface area contributed by atoms with Gasteiger partial charge in [-0.3, -0.25) is 14.5 Å². The molecule has 0 bridgehead atoms. The van der Waals surface area contributed by atoms with Crippen molar-refractivity contribution in [2.24, 2.45) is 0 Å². The molecule has 0 unspecified atom stereocenters. The van der Waals surface area contributed by atoms with Crippen molar-refractivity contribution in [3.05, 3.63) is 59.4 Å². The molecule has 0 atom stereocenters. The van der Waals surface area contributed by atoms with E-state index in [0.717, 1.165) is 51.1 Å². The van der Waals surface area contributed by atoms with Gasteiger partial charge in [-0.2, -0.15) is 0 Å². The number of anilines is 1. The molecule has 0 radical (unpaired) electrons. The number of nitrogens with zero attached hydrogens (tertiary/aromatic N) is 1. The molecule has 2 aromatic heterocycles. The molecule has 37 heavy (non-hydrogen) atoms. The van der Waals surface area contributed by atoms with E-state index in [0.29, 0.717) is 17.3 Å². The summed E-state index contributed by atoms with van der Waals surface area (Å²) in [4.78, 5) is 17.6. The Morgan fingerprint density at radius 2 is 1.70 bits per heavy atom. The average molecular weight is 589 g/mol. The first-order valence-electron chi connectivity index (χ1n) is 10.8. The van der Waals surface area contributed by atoms with E-state index in [9.17, 15) is 21.6 Å². The first-order chi connectivity index (χ1) is 17.1. The van der Waals surface area contributed by atoms with E-state index in [4.69, 9.17) is 11.6 Å². The summed E-state index contributed by atoms with van der Waals surface area (Å²) in [5.41, 5.74) is 5.32. The van der Waals surface area contributed by atoms with E-state index in [1.54, 1.807) is 19.2 Å². The molecule has 2 aromatic carbocycles. The van der Waals surface area contributed by atoms with Crippen LogP contribution in [0.5, 0.6) is 0 Å². The number of rotatable bonds is 4. The van der Waals surface area contributed by atoms with Crippen LogP contribution in [0.25, 0.3) is 32.9 Å². The zero-order valence-corrected chi connectivity index (χ0v) is 23.9. The fourth-order valence-corrected chi connectivity index (χ4v) is 4.22. The van der Waals surface area contributed by atoms with E-state index in [2.05, 4.69) is 30.1 Å². The number of sulfonamides is 1. The molecule has 0 aliphatic rings. The van der Waals surface area contributed by atoms with Crippen LogP contribution in [0.3, 0.4) is 0 Å². The van der Waals surface area contributed by atoms with E-state index >= 15 is 0 Å². The summed E-state index contributed by atoms with van der Waals surface area (Å²) in [5.74, 6) is -0.211. The van der Waals surface area contributed by atoms with Crippen LogP contribution in [0, 0.1) is 6.92 Å². The highest BCUT2D eigenvalue weighted by atomic mass is 35.7. The molecule has 13 heteroatoms. The predicted molar refractivity (Wildman–Crippen MR) is 150 cm³/mol. The minimum atomic E-state index is -3.34. The van der Waals surface area contributed by atoms with Crippen LogP contribution < -0.4 is 4.72 Å². The Labute approximate surface area is 225 Å². The second-order valence-electron chi connectivity index (χ2n) is 7.89. The van der Waals surface area contributed by atoms with Gasteiger partial charge in [0, 0.05) is 62.1 Å².